The molecule has 0 aromatic carbocycles. The summed E-state index contributed by atoms with van der Waals surface area (Å²) in [7, 11) is 0. The summed E-state index contributed by atoms with van der Waals surface area (Å²) in [6.07, 6.45) is 0.946. The fourth-order valence-corrected chi connectivity index (χ4v) is 2.07. The number of aliphatic carboxylic acids is 1. The molecule has 4 N–H and O–H groups in total. The number of carboxylic acids is 1. The van der Waals surface area contributed by atoms with Gasteiger partial charge in [-0.05, 0) is 26.7 Å². The zero-order valence-electron chi connectivity index (χ0n) is 12.2. The van der Waals surface area contributed by atoms with Crippen LogP contribution in [0, 0.1) is 10.8 Å². The van der Waals surface area contributed by atoms with Crippen molar-refractivity contribution in [3.05, 3.63) is 0 Å². The van der Waals surface area contributed by atoms with E-state index in [1.165, 1.54) is 4.90 Å². The first kappa shape index (κ1) is 16.3. The second-order valence-electron chi connectivity index (χ2n) is 5.97. The summed E-state index contributed by atoms with van der Waals surface area (Å²) >= 11 is 0. The smallest absolute Gasteiger partial charge is 0.317 e. The number of nitrogens with one attached hydrogen (secondary N) is 1. The molecule has 0 aromatic rings. The van der Waals surface area contributed by atoms with E-state index in [9.17, 15) is 14.4 Å². The molecule has 0 aliphatic carbocycles. The molecule has 1 aliphatic heterocycles. The van der Waals surface area contributed by atoms with Crippen LogP contribution in [0.25, 0.3) is 0 Å². The number of carboxylic acid groups (broad SMARTS) is 1. The van der Waals surface area contributed by atoms with E-state index in [0.29, 0.717) is 19.4 Å². The van der Waals surface area contributed by atoms with Gasteiger partial charge < -0.3 is 21.1 Å². The van der Waals surface area contributed by atoms with Gasteiger partial charge in [0.2, 0.25) is 5.91 Å². The van der Waals surface area contributed by atoms with Gasteiger partial charge >= 0.3 is 12.0 Å². The Kier molecular flexibility index (Phi) is 4.62. The Morgan fingerprint density at radius 2 is 2.05 bits per heavy atom. The van der Waals surface area contributed by atoms with Crippen LogP contribution in [0.15, 0.2) is 0 Å². The Morgan fingerprint density at radius 1 is 1.45 bits per heavy atom. The second-order valence-corrected chi connectivity index (χ2v) is 5.97. The van der Waals surface area contributed by atoms with E-state index in [1.807, 2.05) is 0 Å². The first-order valence-corrected chi connectivity index (χ1v) is 6.71. The molecule has 2 atom stereocenters. The van der Waals surface area contributed by atoms with Crippen molar-refractivity contribution < 1.29 is 19.5 Å². The molecule has 2 unspecified atom stereocenters. The van der Waals surface area contributed by atoms with Crippen LogP contribution in [0.5, 0.6) is 0 Å². The number of hydrogen-bond acceptors (Lipinski definition) is 3. The fourth-order valence-electron chi connectivity index (χ4n) is 2.07. The highest BCUT2D eigenvalue weighted by Gasteiger charge is 2.41. The minimum Gasteiger partial charge on any atom is -0.481 e. The summed E-state index contributed by atoms with van der Waals surface area (Å²) in [6.45, 7) is 5.86. The van der Waals surface area contributed by atoms with Gasteiger partial charge in [-0.1, -0.05) is 6.92 Å². The van der Waals surface area contributed by atoms with Gasteiger partial charge in [0.05, 0.1) is 10.8 Å². The Hall–Kier alpha value is -1.79. The number of carbonyl (C=O) groups excluding carboxylic acids is 2. The van der Waals surface area contributed by atoms with E-state index in [4.69, 9.17) is 10.8 Å². The molecule has 0 saturated carbocycles. The number of nitrogens with zero attached hydrogens (tertiary/aromatic N) is 1. The monoisotopic (exact) mass is 285 g/mol. The van der Waals surface area contributed by atoms with E-state index in [-0.39, 0.29) is 19.1 Å². The first-order valence-electron chi connectivity index (χ1n) is 6.71. The van der Waals surface area contributed by atoms with E-state index >= 15 is 0 Å². The van der Waals surface area contributed by atoms with Gasteiger partial charge in [-0.25, -0.2) is 4.79 Å². The molecular weight excluding hydrogens is 262 g/mol. The van der Waals surface area contributed by atoms with Crippen LogP contribution in [0.2, 0.25) is 0 Å². The summed E-state index contributed by atoms with van der Waals surface area (Å²) in [4.78, 5) is 36.0. The van der Waals surface area contributed by atoms with Gasteiger partial charge in [-0.3, -0.25) is 9.59 Å². The number of amides is 3. The van der Waals surface area contributed by atoms with E-state index < -0.39 is 22.7 Å². The number of likely N-dealkylation sites (tertiary alicyclic amines) is 1. The van der Waals surface area contributed by atoms with Crippen LogP contribution in [-0.4, -0.2) is 47.5 Å². The van der Waals surface area contributed by atoms with Crippen LogP contribution < -0.4 is 11.1 Å². The molecule has 1 fully saturated rings. The maximum atomic E-state index is 12.0. The first-order chi connectivity index (χ1) is 9.14. The van der Waals surface area contributed by atoms with Gasteiger partial charge in [-0.2, -0.15) is 0 Å². The van der Waals surface area contributed by atoms with Crippen LogP contribution in [0.3, 0.4) is 0 Å². The second kappa shape index (κ2) is 5.68. The topological polar surface area (TPSA) is 113 Å². The lowest BCUT2D eigenvalue weighted by Gasteiger charge is -2.26. The Morgan fingerprint density at radius 3 is 2.45 bits per heavy atom. The van der Waals surface area contributed by atoms with Crippen LogP contribution >= 0.6 is 0 Å². The van der Waals surface area contributed by atoms with Crippen molar-refractivity contribution in [1.29, 1.82) is 0 Å². The highest BCUT2D eigenvalue weighted by molar-refractivity contribution is 5.83. The summed E-state index contributed by atoms with van der Waals surface area (Å²) in [6, 6.07) is -0.351. The molecule has 0 spiro atoms. The van der Waals surface area contributed by atoms with E-state index in [0.717, 1.165) is 0 Å². The third-order valence-corrected chi connectivity index (χ3v) is 4.28. The lowest BCUT2D eigenvalue weighted by molar-refractivity contribution is -0.147. The molecule has 1 heterocycles. The Labute approximate surface area is 118 Å². The average molecular weight is 285 g/mol. The van der Waals surface area contributed by atoms with Gasteiger partial charge in [0.1, 0.15) is 0 Å². The third-order valence-electron chi connectivity index (χ3n) is 4.28. The summed E-state index contributed by atoms with van der Waals surface area (Å²) in [5, 5.41) is 11.8. The van der Waals surface area contributed by atoms with Crippen molar-refractivity contribution in [2.45, 2.75) is 33.6 Å². The van der Waals surface area contributed by atoms with Gasteiger partial charge in [-0.15, -0.1) is 0 Å². The van der Waals surface area contributed by atoms with Gasteiger partial charge in [0, 0.05) is 19.6 Å². The normalized spacial score (nSPS) is 25.1. The highest BCUT2D eigenvalue weighted by atomic mass is 16.4. The summed E-state index contributed by atoms with van der Waals surface area (Å²) < 4.78 is 0. The van der Waals surface area contributed by atoms with Crippen molar-refractivity contribution in [2.75, 3.05) is 19.6 Å². The molecule has 1 saturated heterocycles. The number of carbonyl (C=O) groups is 3. The van der Waals surface area contributed by atoms with Crippen molar-refractivity contribution in [1.82, 2.24) is 10.2 Å². The average Bonchev–Trinajstić information content (AvgIpc) is 2.79. The number of rotatable bonds is 5. The number of nitrogens with two attached hydrogens (primary N) is 1. The van der Waals surface area contributed by atoms with Gasteiger partial charge in [0.25, 0.3) is 0 Å². The van der Waals surface area contributed by atoms with Crippen molar-refractivity contribution in [3.63, 3.8) is 0 Å². The molecule has 3 amide bonds. The van der Waals surface area contributed by atoms with E-state index in [2.05, 4.69) is 5.32 Å². The maximum absolute atomic E-state index is 12.0. The number of primary amides is 1. The lowest BCUT2D eigenvalue weighted by atomic mass is 9.88. The molecule has 20 heavy (non-hydrogen) atoms. The Balaban J connectivity index is 2.57. The SMILES string of the molecule is CCC(C)(CNC(=O)N1CCC(C)(C(N)=O)C1)C(=O)O. The van der Waals surface area contributed by atoms with Crippen molar-refractivity contribution in [2.24, 2.45) is 16.6 Å². The zero-order chi connectivity index (χ0) is 15.6. The van der Waals surface area contributed by atoms with Crippen molar-refractivity contribution >= 4 is 17.9 Å². The predicted octanol–water partition coefficient (Wildman–Crippen LogP) is 0.394. The molecule has 7 heteroatoms. The van der Waals surface area contributed by atoms with E-state index in [1.54, 1.807) is 20.8 Å². The Bertz CT molecular complexity index is 426. The summed E-state index contributed by atoms with van der Waals surface area (Å²) in [5.74, 6) is -1.36. The largest absolute Gasteiger partial charge is 0.481 e. The summed E-state index contributed by atoms with van der Waals surface area (Å²) in [5.41, 5.74) is 3.64. The molecule has 0 bridgehead atoms. The number of urea groups is 1. The minimum atomic E-state index is -0.984. The molecule has 7 nitrogen and oxygen atoms in total. The quantitative estimate of drug-likeness (QED) is 0.678. The van der Waals surface area contributed by atoms with Crippen LogP contribution in [0.4, 0.5) is 4.79 Å². The highest BCUT2D eigenvalue weighted by Crippen LogP contribution is 2.29. The predicted molar refractivity (Wildman–Crippen MR) is 72.9 cm³/mol. The maximum Gasteiger partial charge on any atom is 0.317 e. The molecular formula is C13H23N3O4. The van der Waals surface area contributed by atoms with Crippen molar-refractivity contribution in [3.8, 4) is 0 Å². The lowest BCUT2D eigenvalue weighted by Crippen LogP contribution is -2.47. The molecule has 0 aromatic heterocycles. The molecule has 114 valence electrons. The molecule has 0 radical (unpaired) electrons. The van der Waals surface area contributed by atoms with Crippen LogP contribution in [-0.2, 0) is 9.59 Å². The standard InChI is InChI=1S/C13H23N3O4/c1-4-12(2,10(18)19)7-15-11(20)16-6-5-13(3,8-16)9(14)17/h4-8H2,1-3H3,(H2,14,17)(H,15,20)(H,18,19). The fraction of sp³-hybridized carbons (Fsp3) is 0.769. The third kappa shape index (κ3) is 3.20. The molecule has 1 rings (SSSR count). The van der Waals surface area contributed by atoms with Gasteiger partial charge in [0.15, 0.2) is 0 Å². The molecule has 1 aliphatic rings. The number of hydrogen-bond donors (Lipinski definition) is 3. The van der Waals surface area contributed by atoms with Crippen LogP contribution in [0.1, 0.15) is 33.6 Å². The minimum absolute atomic E-state index is 0.0570. The zero-order valence-corrected chi connectivity index (χ0v) is 12.2.